The van der Waals surface area contributed by atoms with Gasteiger partial charge in [-0.15, -0.1) is 0 Å². The molecule has 4 rings (SSSR count). The number of ether oxygens (including phenoxy) is 2. The first kappa shape index (κ1) is 20.1. The number of carbonyl (C=O) groups is 1. The van der Waals surface area contributed by atoms with Crippen molar-refractivity contribution >= 4 is 5.97 Å². The van der Waals surface area contributed by atoms with Gasteiger partial charge >= 0.3 is 5.97 Å². The van der Waals surface area contributed by atoms with Crippen LogP contribution in [0.4, 0.5) is 0 Å². The summed E-state index contributed by atoms with van der Waals surface area (Å²) in [5.74, 6) is 1.14. The molecule has 0 radical (unpaired) electrons. The van der Waals surface area contributed by atoms with Crippen LogP contribution < -0.4 is 4.74 Å². The third-order valence-electron chi connectivity index (χ3n) is 5.10. The highest BCUT2D eigenvalue weighted by Gasteiger charge is 2.29. The van der Waals surface area contributed by atoms with Crippen LogP contribution in [0.5, 0.6) is 5.75 Å². The number of rotatable bonds is 7. The van der Waals surface area contributed by atoms with Crippen molar-refractivity contribution in [2.75, 3.05) is 19.8 Å². The summed E-state index contributed by atoms with van der Waals surface area (Å²) in [6.45, 7) is 4.02. The zero-order chi connectivity index (χ0) is 20.9. The molecule has 1 aliphatic heterocycles. The van der Waals surface area contributed by atoms with Crippen LogP contribution in [0.15, 0.2) is 59.0 Å². The Morgan fingerprint density at radius 1 is 1.23 bits per heavy atom. The van der Waals surface area contributed by atoms with Gasteiger partial charge in [0.2, 0.25) is 5.89 Å². The Bertz CT molecular complexity index is 1000. The maximum atomic E-state index is 11.5. The van der Waals surface area contributed by atoms with Crippen molar-refractivity contribution in [3.8, 4) is 17.2 Å². The summed E-state index contributed by atoms with van der Waals surface area (Å²) in [6.07, 6.45) is 0. The minimum Gasteiger partial charge on any atom is -0.487 e. The molecule has 0 aliphatic carbocycles. The molecular formula is C23H24N2O5. The zero-order valence-electron chi connectivity index (χ0n) is 16.8. The van der Waals surface area contributed by atoms with E-state index in [0.717, 1.165) is 22.6 Å². The fourth-order valence-electron chi connectivity index (χ4n) is 3.44. The number of carboxylic acid groups (broad SMARTS) is 1. The van der Waals surface area contributed by atoms with E-state index < -0.39 is 12.0 Å². The van der Waals surface area contributed by atoms with E-state index in [9.17, 15) is 9.90 Å². The molecule has 0 bridgehead atoms. The molecule has 0 spiro atoms. The van der Waals surface area contributed by atoms with E-state index in [2.05, 4.69) is 4.98 Å². The molecule has 0 saturated carbocycles. The van der Waals surface area contributed by atoms with Crippen molar-refractivity contribution in [2.45, 2.75) is 26.1 Å². The molecule has 1 saturated heterocycles. The van der Waals surface area contributed by atoms with Gasteiger partial charge in [0.1, 0.15) is 29.9 Å². The number of morpholine rings is 1. The average molecular weight is 408 g/mol. The fraction of sp³-hybridized carbons (Fsp3) is 0.304. The summed E-state index contributed by atoms with van der Waals surface area (Å²) in [6, 6.07) is 16.8. The van der Waals surface area contributed by atoms with Crippen LogP contribution in [-0.2, 0) is 22.7 Å². The third-order valence-corrected chi connectivity index (χ3v) is 5.10. The minimum atomic E-state index is -0.863. The Labute approximate surface area is 174 Å². The lowest BCUT2D eigenvalue weighted by molar-refractivity contribution is -0.150. The Hall–Kier alpha value is -3.16. The highest BCUT2D eigenvalue weighted by molar-refractivity contribution is 5.73. The first-order valence-corrected chi connectivity index (χ1v) is 9.88. The quantitative estimate of drug-likeness (QED) is 0.640. The van der Waals surface area contributed by atoms with Gasteiger partial charge in [-0.2, -0.15) is 0 Å². The molecule has 1 atom stereocenters. The Kier molecular flexibility index (Phi) is 6.11. The van der Waals surface area contributed by atoms with Gasteiger partial charge in [0.05, 0.1) is 13.2 Å². The van der Waals surface area contributed by atoms with E-state index >= 15 is 0 Å². The maximum Gasteiger partial charge on any atom is 0.323 e. The minimum absolute atomic E-state index is 0.209. The second-order valence-corrected chi connectivity index (χ2v) is 7.22. The second-order valence-electron chi connectivity index (χ2n) is 7.22. The number of benzene rings is 2. The molecule has 1 aliphatic rings. The van der Waals surface area contributed by atoms with Gasteiger partial charge in [-0.1, -0.05) is 30.3 Å². The summed E-state index contributed by atoms with van der Waals surface area (Å²) in [4.78, 5) is 17.9. The molecule has 30 heavy (non-hydrogen) atoms. The summed E-state index contributed by atoms with van der Waals surface area (Å²) in [5.41, 5.74) is 2.66. The molecule has 7 nitrogen and oxygen atoms in total. The van der Waals surface area contributed by atoms with Crippen molar-refractivity contribution in [2.24, 2.45) is 0 Å². The van der Waals surface area contributed by atoms with Crippen molar-refractivity contribution < 1.29 is 23.8 Å². The monoisotopic (exact) mass is 408 g/mol. The molecule has 2 aromatic carbocycles. The number of aryl methyl sites for hydroxylation is 1. The molecule has 3 aromatic rings. The van der Waals surface area contributed by atoms with Crippen LogP contribution in [0.25, 0.3) is 11.5 Å². The van der Waals surface area contributed by atoms with Crippen LogP contribution in [0.1, 0.15) is 17.0 Å². The van der Waals surface area contributed by atoms with E-state index in [1.54, 1.807) is 0 Å². The number of carboxylic acids is 1. The fourth-order valence-corrected chi connectivity index (χ4v) is 3.44. The molecule has 1 N–H and O–H groups in total. The first-order chi connectivity index (χ1) is 14.6. The smallest absolute Gasteiger partial charge is 0.323 e. The SMILES string of the molecule is Cc1oc(-c2ccccc2)nc1COc1cccc(CN2CCOCC2C(=O)O)c1. The average Bonchev–Trinajstić information content (AvgIpc) is 3.14. The van der Waals surface area contributed by atoms with Crippen LogP contribution in [0, 0.1) is 6.92 Å². The van der Waals surface area contributed by atoms with E-state index in [1.165, 1.54) is 0 Å². The van der Waals surface area contributed by atoms with Gasteiger partial charge in [-0.3, -0.25) is 9.69 Å². The number of aliphatic carboxylic acids is 1. The molecule has 2 heterocycles. The Morgan fingerprint density at radius 3 is 2.87 bits per heavy atom. The van der Waals surface area contributed by atoms with Crippen LogP contribution in [0.3, 0.4) is 0 Å². The van der Waals surface area contributed by atoms with Gasteiger partial charge in [0, 0.05) is 18.7 Å². The molecule has 7 heteroatoms. The highest BCUT2D eigenvalue weighted by atomic mass is 16.5. The number of nitrogens with zero attached hydrogens (tertiary/aromatic N) is 2. The van der Waals surface area contributed by atoms with Crippen molar-refractivity contribution in [3.63, 3.8) is 0 Å². The Balaban J connectivity index is 1.41. The summed E-state index contributed by atoms with van der Waals surface area (Å²) in [5, 5.41) is 9.40. The summed E-state index contributed by atoms with van der Waals surface area (Å²) < 4.78 is 17.0. The number of aromatic nitrogens is 1. The predicted molar refractivity (Wildman–Crippen MR) is 110 cm³/mol. The highest BCUT2D eigenvalue weighted by Crippen LogP contribution is 2.23. The van der Waals surface area contributed by atoms with Crippen molar-refractivity contribution in [3.05, 3.63) is 71.6 Å². The van der Waals surface area contributed by atoms with Gasteiger partial charge in [-0.05, 0) is 36.8 Å². The van der Waals surface area contributed by atoms with Gasteiger partial charge in [-0.25, -0.2) is 4.98 Å². The van der Waals surface area contributed by atoms with Crippen LogP contribution in [0.2, 0.25) is 0 Å². The lowest BCUT2D eigenvalue weighted by Gasteiger charge is -2.32. The van der Waals surface area contributed by atoms with Gasteiger partial charge in [0.25, 0.3) is 0 Å². The molecule has 156 valence electrons. The first-order valence-electron chi connectivity index (χ1n) is 9.88. The molecule has 1 unspecified atom stereocenters. The van der Waals surface area contributed by atoms with Crippen LogP contribution in [-0.4, -0.2) is 46.8 Å². The largest absolute Gasteiger partial charge is 0.487 e. The Morgan fingerprint density at radius 2 is 2.07 bits per heavy atom. The second kappa shape index (κ2) is 9.11. The van der Waals surface area contributed by atoms with Crippen LogP contribution >= 0.6 is 0 Å². The number of hydrogen-bond acceptors (Lipinski definition) is 6. The lowest BCUT2D eigenvalue weighted by atomic mass is 10.1. The lowest BCUT2D eigenvalue weighted by Crippen LogP contribution is -2.49. The zero-order valence-corrected chi connectivity index (χ0v) is 16.8. The third kappa shape index (κ3) is 4.69. The normalized spacial score (nSPS) is 17.0. The maximum absolute atomic E-state index is 11.5. The molecule has 1 aromatic heterocycles. The van der Waals surface area contributed by atoms with E-state index in [4.69, 9.17) is 13.9 Å². The van der Waals surface area contributed by atoms with Gasteiger partial charge < -0.3 is 19.0 Å². The van der Waals surface area contributed by atoms with E-state index in [-0.39, 0.29) is 6.61 Å². The van der Waals surface area contributed by atoms with Crippen molar-refractivity contribution in [1.29, 1.82) is 0 Å². The predicted octanol–water partition coefficient (Wildman–Crippen LogP) is 3.51. The number of oxazole rings is 1. The van der Waals surface area contributed by atoms with E-state index in [0.29, 0.717) is 37.9 Å². The summed E-state index contributed by atoms with van der Waals surface area (Å²) in [7, 11) is 0. The van der Waals surface area contributed by atoms with E-state index in [1.807, 2.05) is 66.4 Å². The topological polar surface area (TPSA) is 85.0 Å². The molecule has 0 amide bonds. The van der Waals surface area contributed by atoms with Gasteiger partial charge in [0.15, 0.2) is 0 Å². The molecular weight excluding hydrogens is 384 g/mol. The standard InChI is InChI=1S/C23H24N2O5/c1-16-20(24-22(30-16)18-7-3-2-4-8-18)14-29-19-9-5-6-17(12-19)13-25-10-11-28-15-21(25)23(26)27/h2-9,12,21H,10-11,13-15H2,1H3,(H,26,27). The molecule has 1 fully saturated rings. The summed E-state index contributed by atoms with van der Waals surface area (Å²) >= 11 is 0. The number of hydrogen-bond donors (Lipinski definition) is 1. The van der Waals surface area contributed by atoms with Crippen molar-refractivity contribution in [1.82, 2.24) is 9.88 Å².